The summed E-state index contributed by atoms with van der Waals surface area (Å²) in [7, 11) is 0. The number of hydrogen-bond acceptors (Lipinski definition) is 3. The summed E-state index contributed by atoms with van der Waals surface area (Å²) in [6.45, 7) is 22.5. The maximum atomic E-state index is 12.0. The zero-order valence-corrected chi connectivity index (χ0v) is 16.4. The van der Waals surface area contributed by atoms with Gasteiger partial charge >= 0.3 is 6.16 Å². The first-order valence-electron chi connectivity index (χ1n) is 8.67. The Morgan fingerprint density at radius 1 is 0.682 bits per heavy atom. The van der Waals surface area contributed by atoms with E-state index in [-0.39, 0.29) is 10.8 Å². The van der Waals surface area contributed by atoms with Crippen molar-refractivity contribution in [2.75, 3.05) is 13.2 Å². The first kappa shape index (κ1) is 21.3. The highest BCUT2D eigenvalue weighted by molar-refractivity contribution is 5.59. The van der Waals surface area contributed by atoms with E-state index in [4.69, 9.17) is 9.47 Å². The standard InChI is InChI=1S/C19H38O3/c1-13(2)18(9,14(3)4)11-21-17(20)22-12-19(10,15(5)6)16(7)8/h13-16H,11-12H2,1-10H3. The van der Waals surface area contributed by atoms with Gasteiger partial charge in [-0.3, -0.25) is 0 Å². The third-order valence-corrected chi connectivity index (χ3v) is 6.28. The zero-order valence-electron chi connectivity index (χ0n) is 16.4. The van der Waals surface area contributed by atoms with Crippen LogP contribution in [0.1, 0.15) is 69.2 Å². The molecular formula is C19H38O3. The highest BCUT2D eigenvalue weighted by atomic mass is 16.7. The van der Waals surface area contributed by atoms with Gasteiger partial charge in [-0.25, -0.2) is 4.79 Å². The molecule has 3 heteroatoms. The molecule has 0 aliphatic carbocycles. The van der Waals surface area contributed by atoms with Crippen LogP contribution in [0.2, 0.25) is 0 Å². The van der Waals surface area contributed by atoms with Gasteiger partial charge in [0.05, 0.1) is 0 Å². The van der Waals surface area contributed by atoms with Gasteiger partial charge < -0.3 is 9.47 Å². The van der Waals surface area contributed by atoms with Crippen LogP contribution in [-0.4, -0.2) is 19.4 Å². The fraction of sp³-hybridized carbons (Fsp3) is 0.947. The zero-order chi connectivity index (χ0) is 17.7. The van der Waals surface area contributed by atoms with Crippen molar-refractivity contribution in [1.29, 1.82) is 0 Å². The minimum absolute atomic E-state index is 0.0293. The van der Waals surface area contributed by atoms with Crippen LogP contribution < -0.4 is 0 Å². The molecule has 3 nitrogen and oxygen atoms in total. The van der Waals surface area contributed by atoms with E-state index >= 15 is 0 Å². The summed E-state index contributed by atoms with van der Waals surface area (Å²) in [5.74, 6) is 1.77. The molecule has 0 aromatic carbocycles. The topological polar surface area (TPSA) is 35.5 Å². The highest BCUT2D eigenvalue weighted by Gasteiger charge is 2.36. The number of rotatable bonds is 8. The maximum absolute atomic E-state index is 12.0. The van der Waals surface area contributed by atoms with E-state index in [0.717, 1.165) is 0 Å². The van der Waals surface area contributed by atoms with E-state index in [1.54, 1.807) is 0 Å². The minimum Gasteiger partial charge on any atom is -0.434 e. The molecule has 0 saturated heterocycles. The fourth-order valence-electron chi connectivity index (χ4n) is 2.47. The molecule has 0 unspecified atom stereocenters. The molecule has 22 heavy (non-hydrogen) atoms. The second-order valence-corrected chi connectivity index (χ2v) is 8.46. The van der Waals surface area contributed by atoms with Gasteiger partial charge in [0.2, 0.25) is 0 Å². The molecule has 0 amide bonds. The molecule has 0 aromatic rings. The molecule has 0 aliphatic rings. The van der Waals surface area contributed by atoms with Crippen LogP contribution in [0.3, 0.4) is 0 Å². The second kappa shape index (κ2) is 8.21. The third kappa shape index (κ3) is 5.17. The van der Waals surface area contributed by atoms with Crippen molar-refractivity contribution >= 4 is 6.16 Å². The third-order valence-electron chi connectivity index (χ3n) is 6.28. The van der Waals surface area contributed by atoms with Crippen molar-refractivity contribution in [1.82, 2.24) is 0 Å². The SMILES string of the molecule is CC(C)C(C)(COC(=O)OCC(C)(C(C)C)C(C)C)C(C)C. The van der Waals surface area contributed by atoms with E-state index < -0.39 is 6.16 Å². The summed E-state index contributed by atoms with van der Waals surface area (Å²) in [6.07, 6.45) is -0.542. The van der Waals surface area contributed by atoms with Crippen molar-refractivity contribution < 1.29 is 14.3 Å². The normalized spacial score (nSPS) is 13.4. The van der Waals surface area contributed by atoms with Crippen LogP contribution in [0.5, 0.6) is 0 Å². The molecule has 0 heterocycles. The lowest BCUT2D eigenvalue weighted by Gasteiger charge is -2.38. The van der Waals surface area contributed by atoms with Crippen molar-refractivity contribution in [2.24, 2.45) is 34.5 Å². The molecule has 0 bridgehead atoms. The summed E-state index contributed by atoms with van der Waals surface area (Å²) < 4.78 is 10.8. The minimum atomic E-state index is -0.542. The van der Waals surface area contributed by atoms with Gasteiger partial charge in [0.25, 0.3) is 0 Å². The summed E-state index contributed by atoms with van der Waals surface area (Å²) in [4.78, 5) is 12.0. The quantitative estimate of drug-likeness (QED) is 0.533. The van der Waals surface area contributed by atoms with Gasteiger partial charge in [-0.1, -0.05) is 69.2 Å². The van der Waals surface area contributed by atoms with E-state index in [2.05, 4.69) is 69.2 Å². The molecule has 0 radical (unpaired) electrons. The van der Waals surface area contributed by atoms with Gasteiger partial charge in [0, 0.05) is 10.8 Å². The molecular weight excluding hydrogens is 276 g/mol. The predicted molar refractivity (Wildman–Crippen MR) is 92.9 cm³/mol. The Kier molecular flexibility index (Phi) is 7.94. The van der Waals surface area contributed by atoms with E-state index in [0.29, 0.717) is 36.9 Å². The molecule has 0 rings (SSSR count). The van der Waals surface area contributed by atoms with Crippen LogP contribution in [-0.2, 0) is 9.47 Å². The first-order valence-corrected chi connectivity index (χ1v) is 8.67. The van der Waals surface area contributed by atoms with E-state index in [1.165, 1.54) is 0 Å². The monoisotopic (exact) mass is 314 g/mol. The summed E-state index contributed by atoms with van der Waals surface area (Å²) >= 11 is 0. The largest absolute Gasteiger partial charge is 0.508 e. The molecule has 132 valence electrons. The molecule has 0 aromatic heterocycles. The number of hydrogen-bond donors (Lipinski definition) is 0. The highest BCUT2D eigenvalue weighted by Crippen LogP contribution is 2.37. The summed E-state index contributed by atoms with van der Waals surface area (Å²) in [5, 5.41) is 0. The van der Waals surface area contributed by atoms with E-state index in [1.807, 2.05) is 0 Å². The molecule has 0 atom stereocenters. The Hall–Kier alpha value is -0.730. The van der Waals surface area contributed by atoms with Crippen LogP contribution >= 0.6 is 0 Å². The van der Waals surface area contributed by atoms with Crippen LogP contribution in [0.25, 0.3) is 0 Å². The summed E-state index contributed by atoms with van der Waals surface area (Å²) in [6, 6.07) is 0. The van der Waals surface area contributed by atoms with Gasteiger partial charge in [0.1, 0.15) is 13.2 Å². The summed E-state index contributed by atoms with van der Waals surface area (Å²) in [5.41, 5.74) is -0.0587. The molecule has 0 fully saturated rings. The van der Waals surface area contributed by atoms with Gasteiger partial charge in [0.15, 0.2) is 0 Å². The number of carbonyl (C=O) groups excluding carboxylic acids is 1. The smallest absolute Gasteiger partial charge is 0.434 e. The number of carbonyl (C=O) groups is 1. The van der Waals surface area contributed by atoms with E-state index in [9.17, 15) is 4.79 Å². The van der Waals surface area contributed by atoms with Crippen LogP contribution in [0.4, 0.5) is 4.79 Å². The fourth-order valence-corrected chi connectivity index (χ4v) is 2.47. The average Bonchev–Trinajstić information content (AvgIpc) is 2.40. The maximum Gasteiger partial charge on any atom is 0.508 e. The van der Waals surface area contributed by atoms with Crippen molar-refractivity contribution in [3.8, 4) is 0 Å². The molecule has 0 aliphatic heterocycles. The number of ether oxygens (including phenoxy) is 2. The van der Waals surface area contributed by atoms with Gasteiger partial charge in [-0.15, -0.1) is 0 Å². The molecule has 0 spiro atoms. The predicted octanol–water partition coefficient (Wildman–Crippen LogP) is 5.78. The molecule has 0 saturated carbocycles. The van der Waals surface area contributed by atoms with Gasteiger partial charge in [-0.05, 0) is 23.7 Å². The lowest BCUT2D eigenvalue weighted by atomic mass is 9.71. The lowest BCUT2D eigenvalue weighted by Crippen LogP contribution is -2.38. The van der Waals surface area contributed by atoms with Crippen molar-refractivity contribution in [3.05, 3.63) is 0 Å². The average molecular weight is 315 g/mol. The Balaban J connectivity index is 4.59. The Labute approximate surface area is 138 Å². The van der Waals surface area contributed by atoms with Crippen LogP contribution in [0, 0.1) is 34.5 Å². The van der Waals surface area contributed by atoms with Crippen molar-refractivity contribution in [2.45, 2.75) is 69.2 Å². The van der Waals surface area contributed by atoms with Crippen molar-refractivity contribution in [3.63, 3.8) is 0 Å². The van der Waals surface area contributed by atoms with Gasteiger partial charge in [-0.2, -0.15) is 0 Å². The Bertz CT molecular complexity index is 295. The Morgan fingerprint density at radius 3 is 1.09 bits per heavy atom. The molecule has 0 N–H and O–H groups in total. The Morgan fingerprint density at radius 2 is 0.909 bits per heavy atom. The lowest BCUT2D eigenvalue weighted by molar-refractivity contribution is -0.0342. The second-order valence-electron chi connectivity index (χ2n) is 8.46. The first-order chi connectivity index (χ1) is 9.87. The van der Waals surface area contributed by atoms with Crippen LogP contribution in [0.15, 0.2) is 0 Å².